The van der Waals surface area contributed by atoms with Crippen LogP contribution in [-0.4, -0.2) is 38.5 Å². The summed E-state index contributed by atoms with van der Waals surface area (Å²) >= 11 is 0. The van der Waals surface area contributed by atoms with Crippen LogP contribution in [0.2, 0.25) is 0 Å². The Labute approximate surface area is 150 Å². The fraction of sp³-hybridized carbons (Fsp3) is 0.368. The van der Waals surface area contributed by atoms with Gasteiger partial charge in [-0.3, -0.25) is 0 Å². The van der Waals surface area contributed by atoms with E-state index < -0.39 is 16.1 Å². The smallest absolute Gasteiger partial charge is 0.242 e. The number of aliphatic hydroxyl groups is 1. The highest BCUT2D eigenvalue weighted by Gasteiger charge is 2.17. The van der Waals surface area contributed by atoms with Crippen molar-refractivity contribution in [2.75, 3.05) is 20.6 Å². The van der Waals surface area contributed by atoms with Crippen LogP contribution in [0.25, 0.3) is 0 Å². The van der Waals surface area contributed by atoms with Crippen LogP contribution >= 0.6 is 0 Å². The van der Waals surface area contributed by atoms with Crippen molar-refractivity contribution in [1.82, 2.24) is 9.62 Å². The Morgan fingerprint density at radius 1 is 1.00 bits per heavy atom. The Kier molecular flexibility index (Phi) is 6.35. The Morgan fingerprint density at radius 2 is 1.52 bits per heavy atom. The van der Waals surface area contributed by atoms with Crippen LogP contribution in [0, 0.1) is 6.92 Å². The molecular weight excluding hydrogens is 336 g/mol. The van der Waals surface area contributed by atoms with E-state index in [9.17, 15) is 13.5 Å². The van der Waals surface area contributed by atoms with E-state index in [-0.39, 0.29) is 10.9 Å². The van der Waals surface area contributed by atoms with E-state index in [1.807, 2.05) is 38.1 Å². The SMILES string of the molecule is Cc1ccc([C@@H](O)CN[C@@H](C)c2ccc(S(=O)(=O)N(C)C)cc2)cc1. The van der Waals surface area contributed by atoms with E-state index in [4.69, 9.17) is 0 Å². The van der Waals surface area contributed by atoms with Crippen LogP contribution in [0.4, 0.5) is 0 Å². The summed E-state index contributed by atoms with van der Waals surface area (Å²) in [6, 6.07) is 14.6. The summed E-state index contributed by atoms with van der Waals surface area (Å²) < 4.78 is 25.4. The van der Waals surface area contributed by atoms with E-state index >= 15 is 0 Å². The normalized spacial score (nSPS) is 14.5. The molecule has 0 aliphatic rings. The molecule has 0 spiro atoms. The summed E-state index contributed by atoms with van der Waals surface area (Å²) in [6.45, 7) is 4.41. The molecule has 0 aliphatic carbocycles. The van der Waals surface area contributed by atoms with Gasteiger partial charge in [0.15, 0.2) is 0 Å². The Hall–Kier alpha value is -1.73. The summed E-state index contributed by atoms with van der Waals surface area (Å²) in [7, 11) is -0.384. The Bertz CT molecular complexity index is 784. The second kappa shape index (κ2) is 8.10. The lowest BCUT2D eigenvalue weighted by Gasteiger charge is -2.18. The number of aryl methyl sites for hydroxylation is 1. The average molecular weight is 362 g/mol. The molecule has 2 rings (SSSR count). The minimum Gasteiger partial charge on any atom is -0.387 e. The maximum atomic E-state index is 12.1. The van der Waals surface area contributed by atoms with Gasteiger partial charge in [-0.25, -0.2) is 12.7 Å². The van der Waals surface area contributed by atoms with Crippen LogP contribution in [0.5, 0.6) is 0 Å². The summed E-state index contributed by atoms with van der Waals surface area (Å²) in [5.74, 6) is 0. The van der Waals surface area contributed by atoms with Gasteiger partial charge in [-0.1, -0.05) is 42.0 Å². The number of hydrogen-bond acceptors (Lipinski definition) is 4. The van der Waals surface area contributed by atoms with Crippen molar-refractivity contribution >= 4 is 10.0 Å². The molecule has 0 fully saturated rings. The monoisotopic (exact) mass is 362 g/mol. The van der Waals surface area contributed by atoms with E-state index in [1.54, 1.807) is 24.3 Å². The molecule has 0 aliphatic heterocycles. The van der Waals surface area contributed by atoms with Crippen LogP contribution in [0.15, 0.2) is 53.4 Å². The molecule has 0 bridgehead atoms. The highest BCUT2D eigenvalue weighted by Crippen LogP contribution is 2.19. The number of benzene rings is 2. The van der Waals surface area contributed by atoms with E-state index in [1.165, 1.54) is 18.4 Å². The van der Waals surface area contributed by atoms with Gasteiger partial charge in [0.05, 0.1) is 11.0 Å². The maximum absolute atomic E-state index is 12.1. The molecule has 136 valence electrons. The Morgan fingerprint density at radius 3 is 2.04 bits per heavy atom. The molecule has 2 atom stereocenters. The predicted molar refractivity (Wildman–Crippen MR) is 99.9 cm³/mol. The molecule has 0 heterocycles. The molecule has 0 radical (unpaired) electrons. The first-order valence-electron chi connectivity index (χ1n) is 8.22. The first kappa shape index (κ1) is 19.6. The van der Waals surface area contributed by atoms with Crippen molar-refractivity contribution in [2.45, 2.75) is 30.9 Å². The van der Waals surface area contributed by atoms with Crippen molar-refractivity contribution < 1.29 is 13.5 Å². The molecule has 2 aromatic rings. The summed E-state index contributed by atoms with van der Waals surface area (Å²) in [5.41, 5.74) is 3.00. The van der Waals surface area contributed by atoms with Gasteiger partial charge < -0.3 is 10.4 Å². The number of nitrogens with zero attached hydrogens (tertiary/aromatic N) is 1. The molecule has 0 saturated carbocycles. The molecule has 25 heavy (non-hydrogen) atoms. The van der Waals surface area contributed by atoms with Crippen molar-refractivity contribution in [3.8, 4) is 0 Å². The summed E-state index contributed by atoms with van der Waals surface area (Å²) in [4.78, 5) is 0.271. The summed E-state index contributed by atoms with van der Waals surface area (Å²) in [6.07, 6.45) is -0.587. The number of nitrogens with one attached hydrogen (secondary N) is 1. The van der Waals surface area contributed by atoms with Gasteiger partial charge >= 0.3 is 0 Å². The zero-order valence-corrected chi connectivity index (χ0v) is 15.9. The van der Waals surface area contributed by atoms with Gasteiger partial charge in [-0.05, 0) is 37.1 Å². The minimum atomic E-state index is -3.41. The second-order valence-corrected chi connectivity index (χ2v) is 8.56. The average Bonchev–Trinajstić information content (AvgIpc) is 2.60. The molecule has 5 nitrogen and oxygen atoms in total. The topological polar surface area (TPSA) is 69.6 Å². The van der Waals surface area contributed by atoms with E-state index in [0.717, 1.165) is 16.7 Å². The third-order valence-corrected chi connectivity index (χ3v) is 6.07. The Balaban J connectivity index is 1.99. The lowest BCUT2D eigenvalue weighted by molar-refractivity contribution is 0.171. The fourth-order valence-corrected chi connectivity index (χ4v) is 3.35. The van der Waals surface area contributed by atoms with Crippen molar-refractivity contribution in [3.63, 3.8) is 0 Å². The van der Waals surface area contributed by atoms with Crippen LogP contribution < -0.4 is 5.32 Å². The highest BCUT2D eigenvalue weighted by atomic mass is 32.2. The lowest BCUT2D eigenvalue weighted by atomic mass is 10.1. The third-order valence-electron chi connectivity index (χ3n) is 4.24. The van der Waals surface area contributed by atoms with Crippen LogP contribution in [0.3, 0.4) is 0 Å². The molecule has 2 aromatic carbocycles. The molecule has 0 aromatic heterocycles. The number of sulfonamides is 1. The summed E-state index contributed by atoms with van der Waals surface area (Å²) in [5, 5.41) is 13.6. The second-order valence-electron chi connectivity index (χ2n) is 6.41. The first-order chi connectivity index (χ1) is 11.7. The van der Waals surface area contributed by atoms with E-state index in [0.29, 0.717) is 6.54 Å². The molecule has 0 amide bonds. The quantitative estimate of drug-likeness (QED) is 0.794. The first-order valence-corrected chi connectivity index (χ1v) is 9.66. The van der Waals surface area contributed by atoms with Gasteiger partial charge in [0.1, 0.15) is 0 Å². The fourth-order valence-electron chi connectivity index (χ4n) is 2.45. The van der Waals surface area contributed by atoms with Crippen LogP contribution in [-0.2, 0) is 10.0 Å². The molecular formula is C19H26N2O3S. The standard InChI is InChI=1S/C19H26N2O3S/c1-14-5-7-17(8-6-14)19(22)13-20-15(2)16-9-11-18(12-10-16)25(23,24)21(3)4/h5-12,15,19-20,22H,13H2,1-4H3/t15-,19-/m0/s1. The predicted octanol–water partition coefficient (Wildman–Crippen LogP) is 2.63. The van der Waals surface area contributed by atoms with Crippen LogP contribution in [0.1, 0.15) is 35.8 Å². The molecule has 2 N–H and O–H groups in total. The maximum Gasteiger partial charge on any atom is 0.242 e. The van der Waals surface area contributed by atoms with Crippen molar-refractivity contribution in [2.24, 2.45) is 0 Å². The molecule has 0 unspecified atom stereocenters. The lowest BCUT2D eigenvalue weighted by Crippen LogP contribution is -2.25. The van der Waals surface area contributed by atoms with Gasteiger partial charge in [0.25, 0.3) is 0 Å². The number of hydrogen-bond donors (Lipinski definition) is 2. The number of aliphatic hydroxyl groups excluding tert-OH is 1. The molecule has 6 heteroatoms. The highest BCUT2D eigenvalue weighted by molar-refractivity contribution is 7.89. The third kappa shape index (κ3) is 4.89. The minimum absolute atomic E-state index is 0.00351. The largest absolute Gasteiger partial charge is 0.387 e. The van der Waals surface area contributed by atoms with Gasteiger partial charge in [-0.2, -0.15) is 0 Å². The zero-order chi connectivity index (χ0) is 18.6. The molecule has 0 saturated heterocycles. The zero-order valence-electron chi connectivity index (χ0n) is 15.1. The van der Waals surface area contributed by atoms with Gasteiger partial charge in [0.2, 0.25) is 10.0 Å². The number of rotatable bonds is 7. The van der Waals surface area contributed by atoms with Crippen molar-refractivity contribution in [1.29, 1.82) is 0 Å². The van der Waals surface area contributed by atoms with Gasteiger partial charge in [-0.15, -0.1) is 0 Å². The van der Waals surface area contributed by atoms with Gasteiger partial charge in [0, 0.05) is 26.7 Å². The van der Waals surface area contributed by atoms with Crippen molar-refractivity contribution in [3.05, 3.63) is 65.2 Å². The van der Waals surface area contributed by atoms with E-state index in [2.05, 4.69) is 5.32 Å².